The average molecular weight is 373 g/mol. The molecule has 3 nitrogen and oxygen atoms in total. The molecule has 3 aliphatic carbocycles. The summed E-state index contributed by atoms with van der Waals surface area (Å²) in [6.07, 6.45) is 3.59. The molecule has 0 bridgehead atoms. The Bertz CT molecular complexity index is 949. The summed E-state index contributed by atoms with van der Waals surface area (Å²) in [4.78, 5) is 16.2. The van der Waals surface area contributed by atoms with Gasteiger partial charge in [-0.05, 0) is 56.0 Å². The molecule has 0 radical (unpaired) electrons. The van der Waals surface area contributed by atoms with E-state index in [2.05, 4.69) is 31.1 Å². The first kappa shape index (κ1) is 17.8. The molecule has 0 amide bonds. The van der Waals surface area contributed by atoms with E-state index in [0.717, 1.165) is 48.0 Å². The molecule has 2 aromatic carbocycles. The SMILES string of the molecule is CN(C)[C@@]12C[C@H]3CCC[C@@]3(O)[C@@H]1C(=O)C(c1ccccc1)=C2c1ccccc1. The molecular weight excluding hydrogens is 346 g/mol. The summed E-state index contributed by atoms with van der Waals surface area (Å²) in [5.41, 5.74) is 2.60. The number of nitrogens with zero attached hydrogens (tertiary/aromatic N) is 1. The van der Waals surface area contributed by atoms with Crippen LogP contribution in [-0.2, 0) is 4.79 Å². The molecule has 4 atom stereocenters. The van der Waals surface area contributed by atoms with Crippen LogP contribution in [0.5, 0.6) is 0 Å². The van der Waals surface area contributed by atoms with Crippen molar-refractivity contribution in [2.45, 2.75) is 36.8 Å². The van der Waals surface area contributed by atoms with E-state index in [0.29, 0.717) is 0 Å². The lowest BCUT2D eigenvalue weighted by molar-refractivity contribution is -0.128. The molecule has 0 unspecified atom stereocenters. The third-order valence-electron chi connectivity index (χ3n) is 7.49. The Balaban J connectivity index is 1.83. The lowest BCUT2D eigenvalue weighted by Gasteiger charge is -2.41. The van der Waals surface area contributed by atoms with Gasteiger partial charge in [-0.15, -0.1) is 0 Å². The van der Waals surface area contributed by atoms with Gasteiger partial charge in [0.15, 0.2) is 5.78 Å². The Hall–Kier alpha value is -2.23. The van der Waals surface area contributed by atoms with E-state index >= 15 is 0 Å². The number of Topliss-reactive ketones (excluding diaryl/α,β-unsaturated/α-hetero) is 1. The highest BCUT2D eigenvalue weighted by Gasteiger charge is 2.71. The first-order chi connectivity index (χ1) is 13.5. The van der Waals surface area contributed by atoms with E-state index < -0.39 is 17.1 Å². The predicted octanol–water partition coefficient (Wildman–Crippen LogP) is 4.03. The van der Waals surface area contributed by atoms with E-state index in [1.54, 1.807) is 0 Å². The van der Waals surface area contributed by atoms with Crippen LogP contribution >= 0.6 is 0 Å². The smallest absolute Gasteiger partial charge is 0.172 e. The number of hydrogen-bond acceptors (Lipinski definition) is 3. The second kappa shape index (κ2) is 6.13. The molecule has 5 rings (SSSR count). The lowest BCUT2D eigenvalue weighted by Crippen LogP contribution is -2.52. The molecule has 0 aliphatic heterocycles. The number of allylic oxidation sites excluding steroid dienone is 1. The maximum atomic E-state index is 14.0. The van der Waals surface area contributed by atoms with Crippen LogP contribution in [0.2, 0.25) is 0 Å². The molecule has 0 spiro atoms. The quantitative estimate of drug-likeness (QED) is 0.883. The molecule has 0 heterocycles. The highest BCUT2D eigenvalue weighted by atomic mass is 16.3. The van der Waals surface area contributed by atoms with Crippen LogP contribution in [0.25, 0.3) is 11.1 Å². The van der Waals surface area contributed by atoms with Crippen LogP contribution < -0.4 is 0 Å². The summed E-state index contributed by atoms with van der Waals surface area (Å²) in [7, 11) is 4.14. The molecule has 2 fully saturated rings. The summed E-state index contributed by atoms with van der Waals surface area (Å²) in [5, 5.41) is 11.7. The Labute approximate surface area is 166 Å². The summed E-state index contributed by atoms with van der Waals surface area (Å²) in [6.45, 7) is 0. The van der Waals surface area contributed by atoms with Crippen LogP contribution in [0.3, 0.4) is 0 Å². The predicted molar refractivity (Wildman–Crippen MR) is 112 cm³/mol. The molecule has 144 valence electrons. The van der Waals surface area contributed by atoms with Crippen molar-refractivity contribution >= 4 is 16.9 Å². The van der Waals surface area contributed by atoms with E-state index in [1.165, 1.54) is 0 Å². The molecule has 1 N–H and O–H groups in total. The fourth-order valence-electron chi connectivity index (χ4n) is 6.38. The summed E-state index contributed by atoms with van der Waals surface area (Å²) in [6, 6.07) is 20.3. The van der Waals surface area contributed by atoms with Gasteiger partial charge in [-0.1, -0.05) is 67.1 Å². The number of likely N-dealkylation sites (N-methyl/N-ethyl adjacent to an activating group) is 1. The van der Waals surface area contributed by atoms with Crippen LogP contribution in [0.1, 0.15) is 36.8 Å². The summed E-state index contributed by atoms with van der Waals surface area (Å²) >= 11 is 0. The van der Waals surface area contributed by atoms with Crippen LogP contribution in [0.4, 0.5) is 0 Å². The van der Waals surface area contributed by atoms with Crippen molar-refractivity contribution in [3.8, 4) is 0 Å². The first-order valence-corrected chi connectivity index (χ1v) is 10.3. The lowest BCUT2D eigenvalue weighted by atomic mass is 9.76. The Morgan fingerprint density at radius 3 is 2.18 bits per heavy atom. The van der Waals surface area contributed by atoms with Gasteiger partial charge >= 0.3 is 0 Å². The maximum absolute atomic E-state index is 14.0. The minimum Gasteiger partial charge on any atom is -0.389 e. The largest absolute Gasteiger partial charge is 0.389 e. The standard InChI is InChI=1S/C25H27NO2/c1-26(2)24-16-19-14-9-15-25(19,28)23(24)22(27)20(17-10-5-3-6-11-17)21(24)18-12-7-4-8-13-18/h3-8,10-13,19,23,28H,9,14-16H2,1-2H3/t19-,23-,24-,25+/m1/s1. The Morgan fingerprint density at radius 2 is 1.57 bits per heavy atom. The fourth-order valence-corrected chi connectivity index (χ4v) is 6.38. The summed E-state index contributed by atoms with van der Waals surface area (Å²) < 4.78 is 0. The number of carbonyl (C=O) groups excluding carboxylic acids is 1. The molecular formula is C25H27NO2. The van der Waals surface area contributed by atoms with Gasteiger partial charge in [0.05, 0.1) is 17.1 Å². The monoisotopic (exact) mass is 373 g/mol. The number of hydrogen-bond donors (Lipinski definition) is 1. The third-order valence-corrected chi connectivity index (χ3v) is 7.49. The van der Waals surface area contributed by atoms with Gasteiger partial charge in [0.2, 0.25) is 0 Å². The van der Waals surface area contributed by atoms with Gasteiger partial charge in [0.25, 0.3) is 0 Å². The normalized spacial score (nSPS) is 34.2. The zero-order valence-electron chi connectivity index (χ0n) is 16.6. The molecule has 2 aromatic rings. The highest BCUT2D eigenvalue weighted by molar-refractivity contribution is 6.34. The van der Waals surface area contributed by atoms with E-state index in [-0.39, 0.29) is 11.7 Å². The van der Waals surface area contributed by atoms with E-state index in [4.69, 9.17) is 0 Å². The van der Waals surface area contributed by atoms with Crippen molar-refractivity contribution in [2.75, 3.05) is 14.1 Å². The molecule has 3 heteroatoms. The number of carbonyl (C=O) groups is 1. The van der Waals surface area contributed by atoms with Gasteiger partial charge in [0.1, 0.15) is 0 Å². The van der Waals surface area contributed by atoms with E-state index in [9.17, 15) is 9.90 Å². The van der Waals surface area contributed by atoms with Crippen LogP contribution in [-0.4, -0.2) is 41.0 Å². The van der Waals surface area contributed by atoms with Crippen molar-refractivity contribution in [1.82, 2.24) is 4.90 Å². The van der Waals surface area contributed by atoms with Gasteiger partial charge in [0, 0.05) is 5.57 Å². The van der Waals surface area contributed by atoms with Crippen molar-refractivity contribution in [3.05, 3.63) is 71.8 Å². The molecule has 3 aliphatic rings. The topological polar surface area (TPSA) is 40.5 Å². The first-order valence-electron chi connectivity index (χ1n) is 10.3. The van der Waals surface area contributed by atoms with Crippen molar-refractivity contribution in [3.63, 3.8) is 0 Å². The highest BCUT2D eigenvalue weighted by Crippen LogP contribution is 2.66. The zero-order chi connectivity index (χ0) is 19.5. The van der Waals surface area contributed by atoms with Gasteiger partial charge < -0.3 is 5.11 Å². The Kier molecular flexibility index (Phi) is 3.91. The third kappa shape index (κ3) is 2.15. The van der Waals surface area contributed by atoms with Crippen LogP contribution in [0.15, 0.2) is 60.7 Å². The molecule has 28 heavy (non-hydrogen) atoms. The number of ketones is 1. The minimum atomic E-state index is -0.891. The second-order valence-corrected chi connectivity index (χ2v) is 8.88. The van der Waals surface area contributed by atoms with E-state index in [1.807, 2.05) is 48.5 Å². The van der Waals surface area contributed by atoms with Crippen molar-refractivity contribution in [2.24, 2.45) is 11.8 Å². The number of rotatable bonds is 3. The second-order valence-electron chi connectivity index (χ2n) is 8.88. The molecule has 0 saturated heterocycles. The Morgan fingerprint density at radius 1 is 0.964 bits per heavy atom. The minimum absolute atomic E-state index is 0.116. The fraction of sp³-hybridized carbons (Fsp3) is 0.400. The zero-order valence-corrected chi connectivity index (χ0v) is 16.6. The van der Waals surface area contributed by atoms with Crippen molar-refractivity contribution in [1.29, 1.82) is 0 Å². The van der Waals surface area contributed by atoms with Crippen molar-refractivity contribution < 1.29 is 9.90 Å². The molecule has 0 aromatic heterocycles. The number of benzene rings is 2. The van der Waals surface area contributed by atoms with Gasteiger partial charge in [-0.3, -0.25) is 9.69 Å². The average Bonchev–Trinajstić information content (AvgIpc) is 3.27. The van der Waals surface area contributed by atoms with Crippen LogP contribution in [0, 0.1) is 11.8 Å². The number of aliphatic hydroxyl groups is 1. The van der Waals surface area contributed by atoms with Gasteiger partial charge in [-0.25, -0.2) is 0 Å². The summed E-state index contributed by atoms with van der Waals surface area (Å²) in [5.74, 6) is -0.0848. The maximum Gasteiger partial charge on any atom is 0.172 e. The molecule has 2 saturated carbocycles. The van der Waals surface area contributed by atoms with Gasteiger partial charge in [-0.2, -0.15) is 0 Å². The number of fused-ring (bicyclic) bond motifs is 3.